The number of carbonyl (C=O) groups excluding carboxylic acids is 1. The molecule has 1 aromatic carbocycles. The Morgan fingerprint density at radius 3 is 2.71 bits per heavy atom. The fourth-order valence-electron chi connectivity index (χ4n) is 1.47. The van der Waals surface area contributed by atoms with Gasteiger partial charge in [0, 0.05) is 18.1 Å². The lowest BCUT2D eigenvalue weighted by molar-refractivity contribution is -0.122. The van der Waals surface area contributed by atoms with E-state index in [1.54, 1.807) is 0 Å². The number of halogens is 2. The summed E-state index contributed by atoms with van der Waals surface area (Å²) in [7, 11) is -2.64. The van der Waals surface area contributed by atoms with Crippen LogP contribution in [-0.4, -0.2) is 40.6 Å². The van der Waals surface area contributed by atoms with E-state index in [1.807, 2.05) is 0 Å². The van der Waals surface area contributed by atoms with Gasteiger partial charge in [0.2, 0.25) is 15.9 Å². The van der Waals surface area contributed by atoms with Gasteiger partial charge in [0.1, 0.15) is 10.7 Å². The van der Waals surface area contributed by atoms with Gasteiger partial charge in [0.05, 0.1) is 12.6 Å². The summed E-state index contributed by atoms with van der Waals surface area (Å²) in [5, 5.41) is 2.49. The van der Waals surface area contributed by atoms with Crippen molar-refractivity contribution >= 4 is 31.9 Å². The highest BCUT2D eigenvalue weighted by Crippen LogP contribution is 2.19. The number of nitrogens with one attached hydrogen (secondary N) is 2. The first-order valence-electron chi connectivity index (χ1n) is 6.02. The first-order chi connectivity index (χ1) is 9.77. The molecule has 0 aliphatic heterocycles. The molecule has 21 heavy (non-hydrogen) atoms. The van der Waals surface area contributed by atoms with Crippen molar-refractivity contribution < 1.29 is 22.3 Å². The second-order valence-corrected chi connectivity index (χ2v) is 6.80. The van der Waals surface area contributed by atoms with Gasteiger partial charge in [-0.1, -0.05) is 15.9 Å². The molecule has 1 rings (SSSR count). The maximum atomic E-state index is 13.7. The molecule has 0 spiro atoms. The number of ether oxygens (including phenoxy) is 1. The lowest BCUT2D eigenvalue weighted by Gasteiger charge is -2.14. The van der Waals surface area contributed by atoms with E-state index in [2.05, 4.69) is 26.0 Å². The molecule has 6 nitrogen and oxygen atoms in total. The monoisotopic (exact) mass is 382 g/mol. The Morgan fingerprint density at radius 2 is 2.14 bits per heavy atom. The summed E-state index contributed by atoms with van der Waals surface area (Å²) >= 11 is 3.04. The van der Waals surface area contributed by atoms with Crippen LogP contribution in [-0.2, 0) is 19.6 Å². The second-order valence-electron chi connectivity index (χ2n) is 4.20. The molecule has 2 N–H and O–H groups in total. The molecule has 1 amide bonds. The molecule has 1 aromatic rings. The zero-order valence-corrected chi connectivity index (χ0v) is 13.9. The smallest absolute Gasteiger partial charge is 0.244 e. The molecular weight excluding hydrogens is 367 g/mol. The third-order valence-corrected chi connectivity index (χ3v) is 4.58. The fourth-order valence-corrected chi connectivity index (χ4v) is 3.07. The third kappa shape index (κ3) is 5.34. The molecule has 0 aromatic heterocycles. The fraction of sp³-hybridized carbons (Fsp3) is 0.417. The zero-order valence-electron chi connectivity index (χ0n) is 11.5. The van der Waals surface area contributed by atoms with E-state index in [0.29, 0.717) is 11.1 Å². The Balaban J connectivity index is 2.78. The van der Waals surface area contributed by atoms with Gasteiger partial charge in [-0.15, -0.1) is 0 Å². The normalized spacial score (nSPS) is 13.0. The maximum absolute atomic E-state index is 13.7. The Kier molecular flexibility index (Phi) is 6.72. The van der Waals surface area contributed by atoms with Crippen molar-refractivity contribution in [1.82, 2.24) is 10.0 Å². The molecule has 0 aliphatic rings. The van der Waals surface area contributed by atoms with E-state index in [9.17, 15) is 17.6 Å². The van der Waals surface area contributed by atoms with Gasteiger partial charge in [-0.25, -0.2) is 12.8 Å². The summed E-state index contributed by atoms with van der Waals surface area (Å²) in [6.45, 7) is 1.94. The Hall–Kier alpha value is -1.03. The van der Waals surface area contributed by atoms with Crippen molar-refractivity contribution in [2.24, 2.45) is 0 Å². The van der Waals surface area contributed by atoms with Crippen LogP contribution in [0.15, 0.2) is 27.6 Å². The van der Waals surface area contributed by atoms with Gasteiger partial charge >= 0.3 is 0 Å². The van der Waals surface area contributed by atoms with Crippen LogP contribution in [0.3, 0.4) is 0 Å². The number of amides is 1. The van der Waals surface area contributed by atoms with Crippen LogP contribution in [0.2, 0.25) is 0 Å². The zero-order chi connectivity index (χ0) is 16.0. The largest absolute Gasteiger partial charge is 0.383 e. The minimum Gasteiger partial charge on any atom is -0.383 e. The number of methoxy groups -OCH3 is 1. The molecule has 0 heterocycles. The molecule has 0 saturated carbocycles. The maximum Gasteiger partial charge on any atom is 0.244 e. The highest BCUT2D eigenvalue weighted by Gasteiger charge is 2.24. The Bertz CT molecular complexity index is 609. The number of hydrogen-bond donors (Lipinski definition) is 2. The van der Waals surface area contributed by atoms with Gasteiger partial charge < -0.3 is 10.1 Å². The first kappa shape index (κ1) is 18.0. The number of rotatable bonds is 7. The van der Waals surface area contributed by atoms with Crippen LogP contribution in [0.25, 0.3) is 0 Å². The number of sulfonamides is 1. The van der Waals surface area contributed by atoms with Crippen LogP contribution in [0, 0.1) is 5.82 Å². The van der Waals surface area contributed by atoms with Crippen molar-refractivity contribution in [1.29, 1.82) is 0 Å². The van der Waals surface area contributed by atoms with Crippen molar-refractivity contribution in [3.8, 4) is 0 Å². The molecule has 0 aliphatic carbocycles. The van der Waals surface area contributed by atoms with Gasteiger partial charge in [0.25, 0.3) is 0 Å². The molecule has 0 bridgehead atoms. The van der Waals surface area contributed by atoms with E-state index in [0.717, 1.165) is 12.1 Å². The Morgan fingerprint density at radius 1 is 1.48 bits per heavy atom. The topological polar surface area (TPSA) is 84.5 Å². The van der Waals surface area contributed by atoms with Crippen LogP contribution in [0.1, 0.15) is 6.92 Å². The summed E-state index contributed by atoms with van der Waals surface area (Å²) in [6.07, 6.45) is 0. The van der Waals surface area contributed by atoms with E-state index < -0.39 is 32.7 Å². The molecular formula is C12H16BrFN2O4S. The number of carbonyl (C=O) groups is 1. The number of benzene rings is 1. The molecule has 0 radical (unpaired) electrons. The first-order valence-corrected chi connectivity index (χ1v) is 8.29. The molecule has 118 valence electrons. The van der Waals surface area contributed by atoms with Gasteiger partial charge in [-0.3, -0.25) is 4.79 Å². The average Bonchev–Trinajstić information content (AvgIpc) is 2.37. The minimum atomic E-state index is -4.12. The molecule has 9 heteroatoms. The van der Waals surface area contributed by atoms with Gasteiger partial charge in [0.15, 0.2) is 0 Å². The Labute approximate surface area is 131 Å². The van der Waals surface area contributed by atoms with Crippen LogP contribution in [0.4, 0.5) is 4.39 Å². The van der Waals surface area contributed by atoms with Crippen LogP contribution in [0.5, 0.6) is 0 Å². The summed E-state index contributed by atoms with van der Waals surface area (Å²) in [5.41, 5.74) is 0. The lowest BCUT2D eigenvalue weighted by atomic mass is 10.3. The third-order valence-electron chi connectivity index (χ3n) is 2.51. The molecule has 0 saturated heterocycles. The summed E-state index contributed by atoms with van der Waals surface area (Å²) in [6, 6.07) is 2.53. The summed E-state index contributed by atoms with van der Waals surface area (Å²) in [4.78, 5) is 11.2. The van der Waals surface area contributed by atoms with E-state index in [4.69, 9.17) is 4.74 Å². The van der Waals surface area contributed by atoms with E-state index in [-0.39, 0.29) is 6.54 Å². The van der Waals surface area contributed by atoms with Gasteiger partial charge in [-0.05, 0) is 25.1 Å². The summed E-state index contributed by atoms with van der Waals surface area (Å²) in [5.74, 6) is -1.42. The van der Waals surface area contributed by atoms with Crippen LogP contribution >= 0.6 is 15.9 Å². The van der Waals surface area contributed by atoms with E-state index in [1.165, 1.54) is 20.1 Å². The van der Waals surface area contributed by atoms with Crippen molar-refractivity contribution in [2.75, 3.05) is 20.3 Å². The quantitative estimate of drug-likeness (QED) is 0.689. The van der Waals surface area contributed by atoms with Crippen LogP contribution < -0.4 is 10.0 Å². The molecule has 1 atom stereocenters. The SMILES string of the molecule is COCCNC(=O)C(C)NS(=O)(=O)c1ccc(Br)cc1F. The summed E-state index contributed by atoms with van der Waals surface area (Å²) < 4.78 is 45.1. The highest BCUT2D eigenvalue weighted by molar-refractivity contribution is 9.10. The molecule has 0 fully saturated rings. The van der Waals surface area contributed by atoms with Crippen molar-refractivity contribution in [3.05, 3.63) is 28.5 Å². The molecule has 1 unspecified atom stereocenters. The van der Waals surface area contributed by atoms with Crippen molar-refractivity contribution in [3.63, 3.8) is 0 Å². The standard InChI is InChI=1S/C12H16BrFN2O4S/c1-8(12(17)15-5-6-20-2)16-21(18,19)11-4-3-9(13)7-10(11)14/h3-4,7-8,16H,5-6H2,1-2H3,(H,15,17). The van der Waals surface area contributed by atoms with E-state index >= 15 is 0 Å². The lowest BCUT2D eigenvalue weighted by Crippen LogP contribution is -2.45. The highest BCUT2D eigenvalue weighted by atomic mass is 79.9. The van der Waals surface area contributed by atoms with Gasteiger partial charge in [-0.2, -0.15) is 4.72 Å². The minimum absolute atomic E-state index is 0.258. The van der Waals surface area contributed by atoms with Crippen molar-refractivity contribution in [2.45, 2.75) is 17.9 Å². The number of hydrogen-bond acceptors (Lipinski definition) is 4. The predicted octanol–water partition coefficient (Wildman–Crippen LogP) is 1.02. The second kappa shape index (κ2) is 7.83. The predicted molar refractivity (Wildman–Crippen MR) is 78.8 cm³/mol. The average molecular weight is 383 g/mol.